The Bertz CT molecular complexity index is 287. The van der Waals surface area contributed by atoms with Crippen LogP contribution in [0.15, 0.2) is 5.10 Å². The van der Waals surface area contributed by atoms with Gasteiger partial charge in [0.1, 0.15) is 5.41 Å². The van der Waals surface area contributed by atoms with Gasteiger partial charge in [0.05, 0.1) is 5.71 Å². The van der Waals surface area contributed by atoms with Gasteiger partial charge in [-0.2, -0.15) is 5.10 Å². The minimum atomic E-state index is -0.345. The van der Waals surface area contributed by atoms with Gasteiger partial charge in [0.2, 0.25) is 0 Å². The van der Waals surface area contributed by atoms with Gasteiger partial charge in [-0.3, -0.25) is 4.79 Å². The second-order valence-corrected chi connectivity index (χ2v) is 4.20. The Hall–Kier alpha value is -0.900. The molecule has 1 amide bonds. The summed E-state index contributed by atoms with van der Waals surface area (Å²) >= 11 is 0. The largest absolute Gasteiger partial charge is 0.305 e. The molecule has 2 rings (SSSR count). The molecule has 0 saturated carbocycles. The Morgan fingerprint density at radius 3 is 2.85 bits per heavy atom. The third kappa shape index (κ3) is 1.09. The molecule has 4 heteroatoms. The summed E-state index contributed by atoms with van der Waals surface area (Å²) in [5.74, 6) is 0.133. The average molecular weight is 181 g/mol. The normalized spacial score (nSPS) is 34.8. The Balaban J connectivity index is 2.33. The average Bonchev–Trinajstić information content (AvgIpc) is 2.27. The van der Waals surface area contributed by atoms with E-state index < -0.39 is 0 Å². The lowest BCUT2D eigenvalue weighted by atomic mass is 9.80. The van der Waals surface area contributed by atoms with Crippen LogP contribution in [0.3, 0.4) is 0 Å². The van der Waals surface area contributed by atoms with Crippen molar-refractivity contribution in [1.82, 2.24) is 9.91 Å². The SMILES string of the molecule is CN1CCC2=NN(C)C(=O)C2(C)C1. The number of carbonyl (C=O) groups excluding carboxylic acids is 1. The molecule has 1 unspecified atom stereocenters. The molecule has 1 saturated heterocycles. The number of piperidine rings is 1. The van der Waals surface area contributed by atoms with Crippen molar-refractivity contribution in [3.05, 3.63) is 0 Å². The van der Waals surface area contributed by atoms with Gasteiger partial charge in [-0.05, 0) is 14.0 Å². The van der Waals surface area contributed by atoms with Crippen LogP contribution in [0, 0.1) is 5.41 Å². The number of likely N-dealkylation sites (tertiary alicyclic amines) is 1. The Morgan fingerprint density at radius 1 is 1.46 bits per heavy atom. The summed E-state index contributed by atoms with van der Waals surface area (Å²) in [5.41, 5.74) is 0.708. The molecule has 2 heterocycles. The van der Waals surface area contributed by atoms with Crippen molar-refractivity contribution in [3.8, 4) is 0 Å². The predicted molar refractivity (Wildman–Crippen MR) is 50.4 cm³/mol. The summed E-state index contributed by atoms with van der Waals surface area (Å²) < 4.78 is 0. The van der Waals surface area contributed by atoms with E-state index in [1.807, 2.05) is 14.0 Å². The van der Waals surface area contributed by atoms with Crippen molar-refractivity contribution in [2.45, 2.75) is 13.3 Å². The summed E-state index contributed by atoms with van der Waals surface area (Å²) in [6.07, 6.45) is 0.920. The van der Waals surface area contributed by atoms with Gasteiger partial charge in [-0.1, -0.05) is 0 Å². The highest BCUT2D eigenvalue weighted by atomic mass is 16.2. The number of carbonyl (C=O) groups is 1. The van der Waals surface area contributed by atoms with Gasteiger partial charge in [0, 0.05) is 26.6 Å². The lowest BCUT2D eigenvalue weighted by molar-refractivity contribution is -0.135. The lowest BCUT2D eigenvalue weighted by Crippen LogP contribution is -2.49. The molecule has 13 heavy (non-hydrogen) atoms. The van der Waals surface area contributed by atoms with E-state index in [2.05, 4.69) is 10.0 Å². The zero-order chi connectivity index (χ0) is 9.64. The van der Waals surface area contributed by atoms with E-state index in [1.165, 1.54) is 5.01 Å². The molecule has 0 spiro atoms. The number of nitrogens with zero attached hydrogens (tertiary/aromatic N) is 3. The standard InChI is InChI=1S/C9H15N3O/c1-9-6-11(2)5-4-7(9)10-12(3)8(9)13/h4-6H2,1-3H3. The smallest absolute Gasteiger partial charge is 0.255 e. The molecule has 0 aromatic heterocycles. The fourth-order valence-corrected chi connectivity index (χ4v) is 2.22. The number of hydrogen-bond acceptors (Lipinski definition) is 3. The Labute approximate surface area is 78.2 Å². The number of hydrazone groups is 1. The second kappa shape index (κ2) is 2.54. The molecule has 0 N–H and O–H groups in total. The van der Waals surface area contributed by atoms with E-state index in [0.717, 1.165) is 25.2 Å². The maximum Gasteiger partial charge on any atom is 0.255 e. The molecular formula is C9H15N3O. The first-order chi connectivity index (χ1) is 6.04. The number of rotatable bonds is 0. The molecule has 72 valence electrons. The summed E-state index contributed by atoms with van der Waals surface area (Å²) in [5, 5.41) is 5.75. The molecule has 1 fully saturated rings. The molecule has 4 nitrogen and oxygen atoms in total. The topological polar surface area (TPSA) is 35.9 Å². The number of amides is 1. The molecular weight excluding hydrogens is 166 g/mol. The summed E-state index contributed by atoms with van der Waals surface area (Å²) in [4.78, 5) is 14.0. The summed E-state index contributed by atoms with van der Waals surface area (Å²) in [7, 11) is 3.78. The molecule has 0 radical (unpaired) electrons. The van der Waals surface area contributed by atoms with Crippen molar-refractivity contribution < 1.29 is 4.79 Å². The summed E-state index contributed by atoms with van der Waals surface area (Å²) in [6.45, 7) is 3.80. The van der Waals surface area contributed by atoms with Crippen LogP contribution in [0.25, 0.3) is 0 Å². The third-order valence-electron chi connectivity index (χ3n) is 2.99. The highest BCUT2D eigenvalue weighted by molar-refractivity contribution is 6.12. The third-order valence-corrected chi connectivity index (χ3v) is 2.99. The van der Waals surface area contributed by atoms with Crippen LogP contribution >= 0.6 is 0 Å². The fourth-order valence-electron chi connectivity index (χ4n) is 2.22. The van der Waals surface area contributed by atoms with Crippen molar-refractivity contribution >= 4 is 11.6 Å². The second-order valence-electron chi connectivity index (χ2n) is 4.20. The highest BCUT2D eigenvalue weighted by Crippen LogP contribution is 2.33. The molecule has 0 aliphatic carbocycles. The van der Waals surface area contributed by atoms with Gasteiger partial charge in [0.25, 0.3) is 5.91 Å². The van der Waals surface area contributed by atoms with Crippen LogP contribution in [0.1, 0.15) is 13.3 Å². The highest BCUT2D eigenvalue weighted by Gasteiger charge is 2.48. The Morgan fingerprint density at radius 2 is 2.15 bits per heavy atom. The number of hydrogen-bond donors (Lipinski definition) is 0. The molecule has 2 aliphatic rings. The molecule has 0 aromatic rings. The predicted octanol–water partition coefficient (Wildman–Crippen LogP) is 0.156. The van der Waals surface area contributed by atoms with E-state index in [0.29, 0.717) is 0 Å². The van der Waals surface area contributed by atoms with Crippen LogP contribution < -0.4 is 0 Å². The van der Waals surface area contributed by atoms with Gasteiger partial charge in [0.15, 0.2) is 0 Å². The van der Waals surface area contributed by atoms with Crippen LogP contribution in [-0.2, 0) is 4.79 Å². The van der Waals surface area contributed by atoms with Gasteiger partial charge >= 0.3 is 0 Å². The number of fused-ring (bicyclic) bond motifs is 1. The van der Waals surface area contributed by atoms with Crippen LogP contribution in [0.5, 0.6) is 0 Å². The Kier molecular flexibility index (Phi) is 1.70. The van der Waals surface area contributed by atoms with Crippen molar-refractivity contribution in [2.75, 3.05) is 27.2 Å². The van der Waals surface area contributed by atoms with Crippen LogP contribution in [0.2, 0.25) is 0 Å². The fraction of sp³-hybridized carbons (Fsp3) is 0.778. The minimum Gasteiger partial charge on any atom is -0.305 e. The first-order valence-electron chi connectivity index (χ1n) is 4.59. The van der Waals surface area contributed by atoms with Crippen molar-refractivity contribution in [2.24, 2.45) is 10.5 Å². The van der Waals surface area contributed by atoms with Crippen molar-refractivity contribution in [3.63, 3.8) is 0 Å². The van der Waals surface area contributed by atoms with Gasteiger partial charge in [-0.15, -0.1) is 0 Å². The maximum absolute atomic E-state index is 11.8. The monoisotopic (exact) mass is 181 g/mol. The summed E-state index contributed by atoms with van der Waals surface area (Å²) in [6, 6.07) is 0. The quantitative estimate of drug-likeness (QED) is 0.533. The van der Waals surface area contributed by atoms with E-state index in [-0.39, 0.29) is 11.3 Å². The van der Waals surface area contributed by atoms with Crippen molar-refractivity contribution in [1.29, 1.82) is 0 Å². The van der Waals surface area contributed by atoms with Gasteiger partial charge in [-0.25, -0.2) is 5.01 Å². The van der Waals surface area contributed by atoms with Crippen LogP contribution in [-0.4, -0.2) is 48.7 Å². The maximum atomic E-state index is 11.8. The zero-order valence-corrected chi connectivity index (χ0v) is 8.37. The van der Waals surface area contributed by atoms with E-state index in [9.17, 15) is 4.79 Å². The molecule has 2 aliphatic heterocycles. The van der Waals surface area contributed by atoms with Gasteiger partial charge < -0.3 is 4.90 Å². The first-order valence-corrected chi connectivity index (χ1v) is 4.59. The molecule has 0 bridgehead atoms. The minimum absolute atomic E-state index is 0.133. The van der Waals surface area contributed by atoms with E-state index in [4.69, 9.17) is 0 Å². The first kappa shape index (κ1) is 8.69. The zero-order valence-electron chi connectivity index (χ0n) is 8.37. The van der Waals surface area contributed by atoms with E-state index >= 15 is 0 Å². The molecule has 1 atom stereocenters. The van der Waals surface area contributed by atoms with Crippen LogP contribution in [0.4, 0.5) is 0 Å². The molecule has 0 aromatic carbocycles. The lowest BCUT2D eigenvalue weighted by Gasteiger charge is -2.34. The van der Waals surface area contributed by atoms with E-state index in [1.54, 1.807) is 7.05 Å².